The Balaban J connectivity index is 1.82. The Hall–Kier alpha value is -1.13. The van der Waals surface area contributed by atoms with Gasteiger partial charge in [-0.25, -0.2) is 4.39 Å². The Morgan fingerprint density at radius 2 is 2.10 bits per heavy atom. The molecule has 2 aliphatic heterocycles. The third kappa shape index (κ3) is 2.67. The number of rotatable bonds is 2. The molecule has 2 heterocycles. The van der Waals surface area contributed by atoms with Crippen LogP contribution >= 0.6 is 0 Å². The van der Waals surface area contributed by atoms with E-state index in [0.29, 0.717) is 6.04 Å². The monoisotopic (exact) mass is 277 g/mol. The number of halogens is 1. The van der Waals surface area contributed by atoms with E-state index in [1.54, 1.807) is 12.1 Å². The van der Waals surface area contributed by atoms with Gasteiger partial charge in [0.05, 0.1) is 0 Å². The predicted octanol–water partition coefficient (Wildman–Crippen LogP) is 2.52. The van der Waals surface area contributed by atoms with E-state index in [0.717, 1.165) is 30.9 Å². The third-order valence-electron chi connectivity index (χ3n) is 4.66. The summed E-state index contributed by atoms with van der Waals surface area (Å²) in [5, 5.41) is 0. The largest absolute Gasteiger partial charge is 0.368 e. The number of piperidine rings is 1. The van der Waals surface area contributed by atoms with Crippen molar-refractivity contribution in [2.45, 2.75) is 38.3 Å². The van der Waals surface area contributed by atoms with Gasteiger partial charge < -0.3 is 10.6 Å². The molecule has 2 unspecified atom stereocenters. The van der Waals surface area contributed by atoms with Crippen molar-refractivity contribution in [2.24, 2.45) is 5.73 Å². The second kappa shape index (κ2) is 5.70. The molecule has 0 bridgehead atoms. The normalized spacial score (nSPS) is 25.4. The SMILES string of the molecule is CC(N)c1cc(F)ccc1N1CCN2CCCCC2C1. The summed E-state index contributed by atoms with van der Waals surface area (Å²) in [7, 11) is 0. The van der Waals surface area contributed by atoms with E-state index in [2.05, 4.69) is 9.80 Å². The van der Waals surface area contributed by atoms with Crippen LogP contribution in [0.5, 0.6) is 0 Å². The lowest BCUT2D eigenvalue weighted by Gasteiger charge is -2.45. The van der Waals surface area contributed by atoms with Crippen LogP contribution in [0.4, 0.5) is 10.1 Å². The summed E-state index contributed by atoms with van der Waals surface area (Å²) in [6.07, 6.45) is 3.95. The zero-order chi connectivity index (χ0) is 14.1. The molecule has 3 rings (SSSR count). The van der Waals surface area contributed by atoms with E-state index in [1.165, 1.54) is 25.8 Å². The average Bonchev–Trinajstić information content (AvgIpc) is 2.46. The number of anilines is 1. The maximum Gasteiger partial charge on any atom is 0.123 e. The van der Waals surface area contributed by atoms with Gasteiger partial charge in [0.25, 0.3) is 0 Å². The number of benzene rings is 1. The van der Waals surface area contributed by atoms with Crippen LogP contribution in [0, 0.1) is 5.82 Å². The minimum Gasteiger partial charge on any atom is -0.368 e. The van der Waals surface area contributed by atoms with Crippen LogP contribution < -0.4 is 10.6 Å². The van der Waals surface area contributed by atoms with Crippen molar-refractivity contribution in [3.05, 3.63) is 29.6 Å². The molecule has 3 nitrogen and oxygen atoms in total. The minimum absolute atomic E-state index is 0.134. The van der Waals surface area contributed by atoms with Crippen LogP contribution in [-0.2, 0) is 0 Å². The third-order valence-corrected chi connectivity index (χ3v) is 4.66. The van der Waals surface area contributed by atoms with Crippen LogP contribution in [0.3, 0.4) is 0 Å². The molecule has 2 N–H and O–H groups in total. The van der Waals surface area contributed by atoms with E-state index in [1.807, 2.05) is 13.0 Å². The van der Waals surface area contributed by atoms with Gasteiger partial charge in [0.2, 0.25) is 0 Å². The van der Waals surface area contributed by atoms with Crippen molar-refractivity contribution in [3.8, 4) is 0 Å². The summed E-state index contributed by atoms with van der Waals surface area (Å²) in [5.41, 5.74) is 8.06. The van der Waals surface area contributed by atoms with E-state index in [4.69, 9.17) is 5.73 Å². The van der Waals surface area contributed by atoms with Crippen molar-refractivity contribution < 1.29 is 4.39 Å². The molecule has 0 radical (unpaired) electrons. The van der Waals surface area contributed by atoms with Gasteiger partial charge >= 0.3 is 0 Å². The topological polar surface area (TPSA) is 32.5 Å². The molecule has 1 aromatic carbocycles. The fraction of sp³-hybridized carbons (Fsp3) is 0.625. The molecule has 2 aliphatic rings. The lowest BCUT2D eigenvalue weighted by Crippen LogP contribution is -2.55. The number of nitrogens with zero attached hydrogens (tertiary/aromatic N) is 2. The molecule has 2 fully saturated rings. The van der Waals surface area contributed by atoms with Crippen LogP contribution in [0.15, 0.2) is 18.2 Å². The smallest absolute Gasteiger partial charge is 0.123 e. The second-order valence-corrected chi connectivity index (χ2v) is 6.12. The van der Waals surface area contributed by atoms with Crippen molar-refractivity contribution in [1.29, 1.82) is 0 Å². The van der Waals surface area contributed by atoms with Gasteiger partial charge in [0, 0.05) is 37.4 Å². The number of piperazine rings is 1. The first-order chi connectivity index (χ1) is 9.65. The Morgan fingerprint density at radius 3 is 2.90 bits per heavy atom. The predicted molar refractivity (Wildman–Crippen MR) is 80.4 cm³/mol. The molecule has 2 saturated heterocycles. The zero-order valence-corrected chi connectivity index (χ0v) is 12.2. The molecule has 0 aliphatic carbocycles. The lowest BCUT2D eigenvalue weighted by molar-refractivity contribution is 0.133. The fourth-order valence-corrected chi connectivity index (χ4v) is 3.55. The van der Waals surface area contributed by atoms with Crippen molar-refractivity contribution in [2.75, 3.05) is 31.1 Å². The number of hydrogen-bond donors (Lipinski definition) is 1. The summed E-state index contributed by atoms with van der Waals surface area (Å²) in [6, 6.07) is 5.56. The maximum atomic E-state index is 13.5. The summed E-state index contributed by atoms with van der Waals surface area (Å²) in [6.45, 7) is 6.34. The molecule has 0 saturated carbocycles. The van der Waals surface area contributed by atoms with Gasteiger partial charge in [-0.1, -0.05) is 6.42 Å². The highest BCUT2D eigenvalue weighted by Crippen LogP contribution is 2.30. The van der Waals surface area contributed by atoms with Gasteiger partial charge in [-0.05, 0) is 50.1 Å². The highest BCUT2D eigenvalue weighted by Gasteiger charge is 2.29. The molecule has 0 aromatic heterocycles. The van der Waals surface area contributed by atoms with Crippen molar-refractivity contribution in [3.63, 3.8) is 0 Å². The Morgan fingerprint density at radius 1 is 1.25 bits per heavy atom. The highest BCUT2D eigenvalue weighted by atomic mass is 19.1. The molecule has 20 heavy (non-hydrogen) atoms. The first-order valence-corrected chi connectivity index (χ1v) is 7.69. The summed E-state index contributed by atoms with van der Waals surface area (Å²) < 4.78 is 13.5. The second-order valence-electron chi connectivity index (χ2n) is 6.12. The molecule has 0 spiro atoms. The van der Waals surface area contributed by atoms with Crippen molar-refractivity contribution >= 4 is 5.69 Å². The molecule has 110 valence electrons. The van der Waals surface area contributed by atoms with Gasteiger partial charge in [-0.3, -0.25) is 4.90 Å². The standard InChI is InChI=1S/C16H24FN3/c1-12(18)15-10-13(17)5-6-16(15)20-9-8-19-7-3-2-4-14(19)11-20/h5-6,10,12,14H,2-4,7-9,11,18H2,1H3. The van der Waals surface area contributed by atoms with Gasteiger partial charge in [0.15, 0.2) is 0 Å². The number of fused-ring (bicyclic) bond motifs is 1. The van der Waals surface area contributed by atoms with E-state index < -0.39 is 0 Å². The Kier molecular flexibility index (Phi) is 3.94. The van der Waals surface area contributed by atoms with Gasteiger partial charge in [0.1, 0.15) is 5.82 Å². The number of hydrogen-bond acceptors (Lipinski definition) is 3. The quantitative estimate of drug-likeness (QED) is 0.901. The first-order valence-electron chi connectivity index (χ1n) is 7.69. The lowest BCUT2D eigenvalue weighted by atomic mass is 9.98. The van der Waals surface area contributed by atoms with Gasteiger partial charge in [-0.2, -0.15) is 0 Å². The Labute approximate surface area is 120 Å². The summed E-state index contributed by atoms with van der Waals surface area (Å²) >= 11 is 0. The van der Waals surface area contributed by atoms with Crippen molar-refractivity contribution in [1.82, 2.24) is 4.90 Å². The zero-order valence-electron chi connectivity index (χ0n) is 12.2. The van der Waals surface area contributed by atoms with E-state index >= 15 is 0 Å². The highest BCUT2D eigenvalue weighted by molar-refractivity contribution is 5.55. The average molecular weight is 277 g/mol. The fourth-order valence-electron chi connectivity index (χ4n) is 3.55. The molecule has 1 aromatic rings. The molecular weight excluding hydrogens is 253 g/mol. The summed E-state index contributed by atoms with van der Waals surface area (Å²) in [4.78, 5) is 5.00. The van der Waals surface area contributed by atoms with E-state index in [9.17, 15) is 4.39 Å². The van der Waals surface area contributed by atoms with E-state index in [-0.39, 0.29) is 11.9 Å². The minimum atomic E-state index is -0.197. The Bertz CT molecular complexity index is 475. The van der Waals surface area contributed by atoms with Crippen LogP contribution in [0.1, 0.15) is 37.8 Å². The van der Waals surface area contributed by atoms with Gasteiger partial charge in [-0.15, -0.1) is 0 Å². The molecule has 4 heteroatoms. The number of nitrogens with two attached hydrogens (primary N) is 1. The van der Waals surface area contributed by atoms with Crippen LogP contribution in [0.2, 0.25) is 0 Å². The van der Waals surface area contributed by atoms with Crippen LogP contribution in [-0.4, -0.2) is 37.1 Å². The molecule has 2 atom stereocenters. The summed E-state index contributed by atoms with van der Waals surface area (Å²) in [5.74, 6) is -0.197. The molecular formula is C16H24FN3. The first kappa shape index (κ1) is 13.8. The van der Waals surface area contributed by atoms with Crippen LogP contribution in [0.25, 0.3) is 0 Å². The maximum absolute atomic E-state index is 13.5. The molecule has 0 amide bonds.